The highest BCUT2D eigenvalue weighted by molar-refractivity contribution is 5.70. The molecule has 0 saturated heterocycles. The molecule has 0 aliphatic heterocycles. The van der Waals surface area contributed by atoms with Gasteiger partial charge in [-0.1, -0.05) is 32.1 Å². The zero-order valence-corrected chi connectivity index (χ0v) is 8.45. The minimum Gasteiger partial charge on any atom is -0.465 e. The quantitative estimate of drug-likeness (QED) is 0.466. The Kier molecular flexibility index (Phi) is 6.98. The predicted octanol–water partition coefficient (Wildman–Crippen LogP) is 2.71. The highest BCUT2D eigenvalue weighted by Crippen LogP contribution is 2.00. The first-order chi connectivity index (χ1) is 6.20. The molecule has 0 spiro atoms. The van der Waals surface area contributed by atoms with Gasteiger partial charge in [0.05, 0.1) is 13.0 Å². The van der Waals surface area contributed by atoms with Gasteiger partial charge in [0, 0.05) is 5.92 Å². The fourth-order valence-electron chi connectivity index (χ4n) is 0.825. The van der Waals surface area contributed by atoms with Crippen LogP contribution in [-0.2, 0) is 9.53 Å². The Labute approximate surface area is 80.3 Å². The molecule has 0 rings (SSSR count). The normalized spacial score (nSPS) is 12.8. The average molecular weight is 182 g/mol. The molecule has 13 heavy (non-hydrogen) atoms. The molecule has 0 N–H and O–H groups in total. The Morgan fingerprint density at radius 3 is 2.85 bits per heavy atom. The summed E-state index contributed by atoms with van der Waals surface area (Å²) in [5.74, 6) is 0.0977. The van der Waals surface area contributed by atoms with E-state index < -0.39 is 0 Å². The molecule has 1 atom stereocenters. The zero-order chi connectivity index (χ0) is 10.1. The smallest absolute Gasteiger partial charge is 0.309 e. The minimum absolute atomic E-state index is 0.202. The molecule has 0 aromatic rings. The maximum absolute atomic E-state index is 10.9. The van der Waals surface area contributed by atoms with Gasteiger partial charge in [0.1, 0.15) is 0 Å². The van der Waals surface area contributed by atoms with Crippen molar-refractivity contribution in [1.29, 1.82) is 0 Å². The first-order valence-electron chi connectivity index (χ1n) is 4.63. The van der Waals surface area contributed by atoms with Crippen LogP contribution in [0.3, 0.4) is 0 Å². The standard InChI is InChI=1S/C11H18O2/c1-4-6-8-10(3)9-13-11(12)7-5-2/h5-6,8,10H,2,4,7,9H2,1,3H3. The van der Waals surface area contributed by atoms with E-state index in [1.165, 1.54) is 0 Å². The number of esters is 1. The van der Waals surface area contributed by atoms with Crippen LogP contribution in [0, 0.1) is 5.92 Å². The van der Waals surface area contributed by atoms with Crippen molar-refractivity contribution in [3.8, 4) is 0 Å². The molecule has 0 bridgehead atoms. The lowest BCUT2D eigenvalue weighted by atomic mass is 10.2. The monoisotopic (exact) mass is 182 g/mol. The number of hydrogen-bond donors (Lipinski definition) is 0. The van der Waals surface area contributed by atoms with Gasteiger partial charge in [0.15, 0.2) is 0 Å². The third kappa shape index (κ3) is 7.32. The maximum Gasteiger partial charge on any atom is 0.309 e. The Hall–Kier alpha value is -1.05. The Morgan fingerprint density at radius 2 is 2.31 bits per heavy atom. The van der Waals surface area contributed by atoms with Gasteiger partial charge in [0.25, 0.3) is 0 Å². The second-order valence-corrected chi connectivity index (χ2v) is 2.99. The zero-order valence-electron chi connectivity index (χ0n) is 8.45. The predicted molar refractivity (Wildman–Crippen MR) is 54.4 cm³/mol. The molecule has 0 fully saturated rings. The summed E-state index contributed by atoms with van der Waals surface area (Å²) in [6.07, 6.45) is 7.00. The molecule has 0 amide bonds. The van der Waals surface area contributed by atoms with Gasteiger partial charge in [-0.15, -0.1) is 6.58 Å². The molecule has 0 heterocycles. The largest absolute Gasteiger partial charge is 0.465 e. The number of ether oxygens (including phenoxy) is 1. The van der Waals surface area contributed by atoms with Crippen LogP contribution >= 0.6 is 0 Å². The number of carbonyl (C=O) groups is 1. The molecule has 0 aromatic carbocycles. The first-order valence-corrected chi connectivity index (χ1v) is 4.63. The van der Waals surface area contributed by atoms with E-state index >= 15 is 0 Å². The lowest BCUT2D eigenvalue weighted by molar-refractivity contribution is -0.143. The van der Waals surface area contributed by atoms with Crippen LogP contribution in [-0.4, -0.2) is 12.6 Å². The molecule has 74 valence electrons. The highest BCUT2D eigenvalue weighted by Gasteiger charge is 2.02. The molecule has 0 saturated carbocycles. The van der Waals surface area contributed by atoms with E-state index in [0.29, 0.717) is 18.9 Å². The molecule has 1 unspecified atom stereocenters. The van der Waals surface area contributed by atoms with Gasteiger partial charge >= 0.3 is 5.97 Å². The number of hydrogen-bond acceptors (Lipinski definition) is 2. The molecule has 0 aromatic heterocycles. The van der Waals surface area contributed by atoms with Crippen LogP contribution in [0.4, 0.5) is 0 Å². The van der Waals surface area contributed by atoms with Crippen molar-refractivity contribution in [3.05, 3.63) is 24.8 Å². The summed E-state index contributed by atoms with van der Waals surface area (Å²) < 4.78 is 4.98. The minimum atomic E-state index is -0.202. The van der Waals surface area contributed by atoms with E-state index in [4.69, 9.17) is 4.74 Å². The van der Waals surface area contributed by atoms with E-state index in [1.807, 2.05) is 6.92 Å². The lowest BCUT2D eigenvalue weighted by Gasteiger charge is -2.06. The summed E-state index contributed by atoms with van der Waals surface area (Å²) in [5, 5.41) is 0. The summed E-state index contributed by atoms with van der Waals surface area (Å²) in [6, 6.07) is 0. The van der Waals surface area contributed by atoms with Crippen LogP contribution in [0.25, 0.3) is 0 Å². The van der Waals surface area contributed by atoms with Crippen molar-refractivity contribution in [2.24, 2.45) is 5.92 Å². The molecule has 0 aliphatic carbocycles. The van der Waals surface area contributed by atoms with Crippen molar-refractivity contribution in [1.82, 2.24) is 0 Å². The third-order valence-corrected chi connectivity index (χ3v) is 1.52. The third-order valence-electron chi connectivity index (χ3n) is 1.52. The van der Waals surface area contributed by atoms with Crippen molar-refractivity contribution in [2.45, 2.75) is 26.7 Å². The van der Waals surface area contributed by atoms with Gasteiger partial charge in [-0.3, -0.25) is 4.79 Å². The molecular weight excluding hydrogens is 164 g/mol. The highest BCUT2D eigenvalue weighted by atomic mass is 16.5. The summed E-state index contributed by atoms with van der Waals surface area (Å²) in [5.41, 5.74) is 0. The van der Waals surface area contributed by atoms with E-state index in [0.717, 1.165) is 6.42 Å². The number of rotatable bonds is 6. The Balaban J connectivity index is 3.56. The molecule has 0 aliphatic rings. The maximum atomic E-state index is 10.9. The summed E-state index contributed by atoms with van der Waals surface area (Å²) in [4.78, 5) is 10.9. The fraction of sp³-hybridized carbons (Fsp3) is 0.545. The summed E-state index contributed by atoms with van der Waals surface area (Å²) >= 11 is 0. The first kappa shape index (κ1) is 11.9. The lowest BCUT2D eigenvalue weighted by Crippen LogP contribution is -2.09. The van der Waals surface area contributed by atoms with Gasteiger partial charge in [-0.2, -0.15) is 0 Å². The SMILES string of the molecule is C=CCC(=O)OCC(C)C=CCC. The number of allylic oxidation sites excluding steroid dienone is 1. The average Bonchev–Trinajstić information content (AvgIpc) is 2.12. The molecular formula is C11H18O2. The van der Waals surface area contributed by atoms with Crippen LogP contribution in [0.1, 0.15) is 26.7 Å². The van der Waals surface area contributed by atoms with Gasteiger partial charge in [-0.05, 0) is 6.42 Å². The topological polar surface area (TPSA) is 26.3 Å². The van der Waals surface area contributed by atoms with Gasteiger partial charge < -0.3 is 4.74 Å². The molecule has 0 radical (unpaired) electrons. The molecule has 2 heteroatoms. The van der Waals surface area contributed by atoms with Gasteiger partial charge in [0.2, 0.25) is 0 Å². The van der Waals surface area contributed by atoms with Crippen LogP contribution < -0.4 is 0 Å². The second kappa shape index (κ2) is 7.59. The summed E-state index contributed by atoms with van der Waals surface area (Å²) in [6.45, 7) is 8.02. The van der Waals surface area contributed by atoms with E-state index in [2.05, 4.69) is 25.7 Å². The van der Waals surface area contributed by atoms with Crippen molar-refractivity contribution >= 4 is 5.97 Å². The Morgan fingerprint density at radius 1 is 1.62 bits per heavy atom. The van der Waals surface area contributed by atoms with Gasteiger partial charge in [-0.25, -0.2) is 0 Å². The van der Waals surface area contributed by atoms with E-state index in [1.54, 1.807) is 6.08 Å². The van der Waals surface area contributed by atoms with Crippen LogP contribution in [0.15, 0.2) is 24.8 Å². The van der Waals surface area contributed by atoms with E-state index in [-0.39, 0.29) is 5.97 Å². The summed E-state index contributed by atoms with van der Waals surface area (Å²) in [7, 11) is 0. The van der Waals surface area contributed by atoms with Crippen molar-refractivity contribution in [2.75, 3.05) is 6.61 Å². The fourth-order valence-corrected chi connectivity index (χ4v) is 0.825. The van der Waals surface area contributed by atoms with Crippen LogP contribution in [0.5, 0.6) is 0 Å². The van der Waals surface area contributed by atoms with Crippen molar-refractivity contribution < 1.29 is 9.53 Å². The van der Waals surface area contributed by atoms with Crippen molar-refractivity contribution in [3.63, 3.8) is 0 Å². The molecule has 2 nitrogen and oxygen atoms in total. The van der Waals surface area contributed by atoms with Crippen LogP contribution in [0.2, 0.25) is 0 Å². The van der Waals surface area contributed by atoms with E-state index in [9.17, 15) is 4.79 Å². The second-order valence-electron chi connectivity index (χ2n) is 2.99. The Bertz CT molecular complexity index is 183. The number of carbonyl (C=O) groups excluding carboxylic acids is 1.